The summed E-state index contributed by atoms with van der Waals surface area (Å²) in [5.41, 5.74) is 9.62. The molecule has 0 heterocycles. The van der Waals surface area contributed by atoms with E-state index in [2.05, 4.69) is 11.4 Å². The molecule has 0 aromatic heterocycles. The van der Waals surface area contributed by atoms with Gasteiger partial charge in [0.1, 0.15) is 0 Å². The zero-order valence-corrected chi connectivity index (χ0v) is 10.6. The van der Waals surface area contributed by atoms with E-state index in [9.17, 15) is 0 Å². The van der Waals surface area contributed by atoms with Gasteiger partial charge >= 0.3 is 0 Å². The van der Waals surface area contributed by atoms with Crippen molar-refractivity contribution in [3.8, 4) is 6.07 Å². The van der Waals surface area contributed by atoms with E-state index in [4.69, 9.17) is 22.6 Å². The van der Waals surface area contributed by atoms with Gasteiger partial charge < -0.3 is 11.1 Å². The zero-order chi connectivity index (χ0) is 13.1. The van der Waals surface area contributed by atoms with E-state index in [1.165, 1.54) is 0 Å². The minimum absolute atomic E-state index is 0.513. The summed E-state index contributed by atoms with van der Waals surface area (Å²) in [4.78, 5) is 0. The van der Waals surface area contributed by atoms with Crippen molar-refractivity contribution in [1.29, 1.82) is 5.26 Å². The molecule has 0 spiro atoms. The molecule has 0 fully saturated rings. The molecule has 0 unspecified atom stereocenters. The number of hydrogen-bond acceptors (Lipinski definition) is 3. The van der Waals surface area contributed by atoms with Gasteiger partial charge in [-0.2, -0.15) is 5.26 Å². The summed E-state index contributed by atoms with van der Waals surface area (Å²) in [5.74, 6) is 0. The molecular weight excluding hydrogens is 246 g/mol. The van der Waals surface area contributed by atoms with E-state index < -0.39 is 0 Å². The second-order valence-corrected chi connectivity index (χ2v) is 4.41. The number of halogens is 1. The number of aryl methyl sites for hydroxylation is 1. The molecule has 90 valence electrons. The molecule has 4 heteroatoms. The maximum absolute atomic E-state index is 8.85. The van der Waals surface area contributed by atoms with E-state index in [1.807, 2.05) is 25.1 Å². The minimum Gasteiger partial charge on any atom is -0.398 e. The highest BCUT2D eigenvalue weighted by Crippen LogP contribution is 2.29. The van der Waals surface area contributed by atoms with Crippen LogP contribution in [0, 0.1) is 18.3 Å². The van der Waals surface area contributed by atoms with E-state index in [1.54, 1.807) is 18.2 Å². The molecule has 0 atom stereocenters. The third kappa shape index (κ3) is 2.55. The van der Waals surface area contributed by atoms with Crippen LogP contribution in [-0.4, -0.2) is 0 Å². The summed E-state index contributed by atoms with van der Waals surface area (Å²) in [6.45, 7) is 1.95. The Kier molecular flexibility index (Phi) is 3.40. The number of hydrogen-bond donors (Lipinski definition) is 2. The number of nitrogens with two attached hydrogens (primary N) is 1. The van der Waals surface area contributed by atoms with Gasteiger partial charge in [-0.3, -0.25) is 0 Å². The monoisotopic (exact) mass is 257 g/mol. The summed E-state index contributed by atoms with van der Waals surface area (Å²) >= 11 is 5.99. The van der Waals surface area contributed by atoms with Crippen LogP contribution in [-0.2, 0) is 0 Å². The topological polar surface area (TPSA) is 61.8 Å². The van der Waals surface area contributed by atoms with Crippen molar-refractivity contribution in [1.82, 2.24) is 0 Å². The summed E-state index contributed by atoms with van der Waals surface area (Å²) < 4.78 is 0. The van der Waals surface area contributed by atoms with Crippen molar-refractivity contribution in [2.24, 2.45) is 0 Å². The lowest BCUT2D eigenvalue weighted by Gasteiger charge is -2.11. The number of anilines is 3. The van der Waals surface area contributed by atoms with E-state index >= 15 is 0 Å². The third-order valence-electron chi connectivity index (χ3n) is 2.61. The van der Waals surface area contributed by atoms with Gasteiger partial charge in [0.05, 0.1) is 22.3 Å². The van der Waals surface area contributed by atoms with Crippen LogP contribution in [0.3, 0.4) is 0 Å². The first-order chi connectivity index (χ1) is 8.60. The fourth-order valence-corrected chi connectivity index (χ4v) is 1.82. The summed E-state index contributed by atoms with van der Waals surface area (Å²) in [6, 6.07) is 13.0. The Bertz CT molecular complexity index is 629. The highest BCUT2D eigenvalue weighted by molar-refractivity contribution is 6.33. The molecule has 3 N–H and O–H groups in total. The molecule has 0 aliphatic carbocycles. The molecule has 0 bridgehead atoms. The second-order valence-electron chi connectivity index (χ2n) is 4.01. The summed E-state index contributed by atoms with van der Waals surface area (Å²) in [7, 11) is 0. The fourth-order valence-electron chi connectivity index (χ4n) is 1.66. The maximum Gasteiger partial charge on any atom is 0.0992 e. The zero-order valence-electron chi connectivity index (χ0n) is 9.87. The smallest absolute Gasteiger partial charge is 0.0992 e. The number of nitrogens with one attached hydrogen (secondary N) is 1. The number of nitrogen functional groups attached to an aromatic ring is 1. The van der Waals surface area contributed by atoms with Crippen molar-refractivity contribution in [3.05, 3.63) is 52.5 Å². The molecule has 0 saturated carbocycles. The van der Waals surface area contributed by atoms with Crippen molar-refractivity contribution in [2.45, 2.75) is 6.92 Å². The van der Waals surface area contributed by atoms with Crippen LogP contribution in [0.5, 0.6) is 0 Å². The maximum atomic E-state index is 8.85. The minimum atomic E-state index is 0.513. The molecule has 0 saturated heterocycles. The number of nitriles is 1. The standard InChI is InChI=1S/C14H12ClN3/c1-9-5-13(17)12(15)7-14(9)18-11-4-2-3-10(6-11)8-16/h2-7,18H,17H2,1H3. The molecule has 0 radical (unpaired) electrons. The molecule has 0 aliphatic rings. The van der Waals surface area contributed by atoms with Gasteiger partial charge in [0.25, 0.3) is 0 Å². The van der Waals surface area contributed by atoms with Gasteiger partial charge in [-0.1, -0.05) is 17.7 Å². The quantitative estimate of drug-likeness (QED) is 0.804. The molecule has 3 nitrogen and oxygen atoms in total. The number of nitrogens with zero attached hydrogens (tertiary/aromatic N) is 1. The van der Waals surface area contributed by atoms with Gasteiger partial charge in [0.2, 0.25) is 0 Å². The lowest BCUT2D eigenvalue weighted by atomic mass is 10.1. The Morgan fingerprint density at radius 3 is 2.78 bits per heavy atom. The Hall–Kier alpha value is -2.18. The Balaban J connectivity index is 2.34. The number of benzene rings is 2. The lowest BCUT2D eigenvalue weighted by Crippen LogP contribution is -1.96. The van der Waals surface area contributed by atoms with Gasteiger partial charge in [-0.25, -0.2) is 0 Å². The highest BCUT2D eigenvalue weighted by Gasteiger charge is 2.04. The largest absolute Gasteiger partial charge is 0.398 e. The Morgan fingerprint density at radius 1 is 1.28 bits per heavy atom. The van der Waals surface area contributed by atoms with Crippen molar-refractivity contribution >= 4 is 28.7 Å². The molecule has 2 aromatic rings. The highest BCUT2D eigenvalue weighted by atomic mass is 35.5. The van der Waals surface area contributed by atoms with Crippen LogP contribution in [0.15, 0.2) is 36.4 Å². The first-order valence-corrected chi connectivity index (χ1v) is 5.81. The molecule has 2 rings (SSSR count). The molecule has 2 aromatic carbocycles. The SMILES string of the molecule is Cc1cc(N)c(Cl)cc1Nc1cccc(C#N)c1. The van der Waals surface area contributed by atoms with Crippen LogP contribution in [0.1, 0.15) is 11.1 Å². The first-order valence-electron chi connectivity index (χ1n) is 5.43. The molecular formula is C14H12ClN3. The van der Waals surface area contributed by atoms with Crippen molar-refractivity contribution < 1.29 is 0 Å². The van der Waals surface area contributed by atoms with Crippen LogP contribution in [0.25, 0.3) is 0 Å². The van der Waals surface area contributed by atoms with Gasteiger partial charge in [0.15, 0.2) is 0 Å². The fraction of sp³-hybridized carbons (Fsp3) is 0.0714. The van der Waals surface area contributed by atoms with Crippen LogP contribution < -0.4 is 11.1 Å². The van der Waals surface area contributed by atoms with Crippen molar-refractivity contribution in [3.63, 3.8) is 0 Å². The molecule has 18 heavy (non-hydrogen) atoms. The normalized spacial score (nSPS) is 9.83. The Morgan fingerprint density at radius 2 is 2.06 bits per heavy atom. The van der Waals surface area contributed by atoms with Crippen molar-refractivity contribution in [2.75, 3.05) is 11.1 Å². The van der Waals surface area contributed by atoms with Gasteiger partial charge in [0, 0.05) is 11.4 Å². The molecule has 0 aliphatic heterocycles. The average molecular weight is 258 g/mol. The van der Waals surface area contributed by atoms with Gasteiger partial charge in [-0.05, 0) is 42.8 Å². The summed E-state index contributed by atoms with van der Waals surface area (Å²) in [5, 5.41) is 12.6. The van der Waals surface area contributed by atoms with Gasteiger partial charge in [-0.15, -0.1) is 0 Å². The number of rotatable bonds is 2. The second kappa shape index (κ2) is 4.99. The van der Waals surface area contributed by atoms with Crippen LogP contribution in [0.4, 0.5) is 17.1 Å². The predicted octanol–water partition coefficient (Wildman–Crippen LogP) is 3.85. The van der Waals surface area contributed by atoms with Crippen LogP contribution >= 0.6 is 11.6 Å². The first kappa shape index (κ1) is 12.3. The Labute approximate surface area is 111 Å². The summed E-state index contributed by atoms with van der Waals surface area (Å²) in [6.07, 6.45) is 0. The third-order valence-corrected chi connectivity index (χ3v) is 2.94. The predicted molar refractivity (Wildman–Crippen MR) is 75.0 cm³/mol. The van der Waals surface area contributed by atoms with Crippen LogP contribution in [0.2, 0.25) is 5.02 Å². The van der Waals surface area contributed by atoms with E-state index in [0.29, 0.717) is 16.3 Å². The van der Waals surface area contributed by atoms with E-state index in [-0.39, 0.29) is 0 Å². The average Bonchev–Trinajstić information content (AvgIpc) is 2.36. The molecule has 0 amide bonds. The lowest BCUT2D eigenvalue weighted by molar-refractivity contribution is 1.42. The van der Waals surface area contributed by atoms with E-state index in [0.717, 1.165) is 16.9 Å².